The van der Waals surface area contributed by atoms with E-state index in [0.717, 1.165) is 12.0 Å². The molecule has 0 aliphatic carbocycles. The van der Waals surface area contributed by atoms with Crippen LogP contribution >= 0.6 is 0 Å². The van der Waals surface area contributed by atoms with Gasteiger partial charge in [-0.05, 0) is 23.8 Å². The molecule has 2 rings (SSSR count). The smallest absolute Gasteiger partial charge is 0.240 e. The highest BCUT2D eigenvalue weighted by molar-refractivity contribution is 5.79. The fraction of sp³-hybridized carbons (Fsp3) is 0.650. The first-order valence-corrected chi connectivity index (χ1v) is 9.15. The van der Waals surface area contributed by atoms with Gasteiger partial charge in [-0.15, -0.1) is 0 Å². The normalized spacial score (nSPS) is 23.0. The van der Waals surface area contributed by atoms with Crippen molar-refractivity contribution < 1.29 is 19.4 Å². The van der Waals surface area contributed by atoms with Crippen LogP contribution in [0.4, 0.5) is 0 Å². The first-order valence-electron chi connectivity index (χ1n) is 9.15. The quantitative estimate of drug-likeness (QED) is 0.733. The first-order chi connectivity index (χ1) is 11.9. The topological polar surface area (TPSA) is 59.0 Å². The van der Waals surface area contributed by atoms with E-state index in [1.54, 1.807) is 0 Å². The fourth-order valence-electron chi connectivity index (χ4n) is 3.06. The second kappa shape index (κ2) is 9.32. The Morgan fingerprint density at radius 1 is 1.28 bits per heavy atom. The average Bonchev–Trinajstić information content (AvgIpc) is 3.00. The van der Waals surface area contributed by atoms with Crippen LogP contribution in [-0.2, 0) is 20.9 Å². The van der Waals surface area contributed by atoms with Crippen LogP contribution in [0.15, 0.2) is 30.3 Å². The third-order valence-corrected chi connectivity index (χ3v) is 5.11. The molecule has 1 aromatic carbocycles. The number of aliphatic hydroxyl groups is 1. The van der Waals surface area contributed by atoms with Crippen LogP contribution < -0.4 is 0 Å². The standard InChI is InChI=1S/C20H31NO4/c1-14(2)18-13-25-20(23)21(18)19(22)16(4)15(3)10-11-24-12-17-8-6-5-7-9-17/h5-9,14-16,18,20,23H,10-13H2,1-4H3/t15?,16-,18+,20?/m1/s1. The zero-order valence-corrected chi connectivity index (χ0v) is 15.7. The van der Waals surface area contributed by atoms with Crippen LogP contribution in [0.25, 0.3) is 0 Å². The molecule has 0 saturated carbocycles. The summed E-state index contributed by atoms with van der Waals surface area (Å²) in [5, 5.41) is 10.0. The predicted molar refractivity (Wildman–Crippen MR) is 96.5 cm³/mol. The van der Waals surface area contributed by atoms with E-state index in [1.807, 2.05) is 51.1 Å². The Kier molecular flexibility index (Phi) is 7.41. The Balaban J connectivity index is 1.80. The highest BCUT2D eigenvalue weighted by Crippen LogP contribution is 2.27. The van der Waals surface area contributed by atoms with Crippen molar-refractivity contribution >= 4 is 5.91 Å². The summed E-state index contributed by atoms with van der Waals surface area (Å²) in [7, 11) is 0. The Labute approximate surface area is 150 Å². The van der Waals surface area contributed by atoms with Crippen LogP contribution in [0, 0.1) is 17.8 Å². The largest absolute Gasteiger partial charge is 0.377 e. The van der Waals surface area contributed by atoms with Crippen molar-refractivity contribution in [1.29, 1.82) is 0 Å². The minimum absolute atomic E-state index is 0.0424. The average molecular weight is 349 g/mol. The molecular weight excluding hydrogens is 318 g/mol. The number of rotatable bonds is 8. The van der Waals surface area contributed by atoms with Gasteiger partial charge in [0.05, 0.1) is 19.3 Å². The molecule has 1 fully saturated rings. The lowest BCUT2D eigenvalue weighted by molar-refractivity contribution is -0.170. The summed E-state index contributed by atoms with van der Waals surface area (Å²) < 4.78 is 11.0. The van der Waals surface area contributed by atoms with Gasteiger partial charge in [0.15, 0.2) is 0 Å². The van der Waals surface area contributed by atoms with Crippen molar-refractivity contribution in [3.63, 3.8) is 0 Å². The van der Waals surface area contributed by atoms with Crippen molar-refractivity contribution in [3.8, 4) is 0 Å². The summed E-state index contributed by atoms with van der Waals surface area (Å²) in [6, 6.07) is 9.99. The van der Waals surface area contributed by atoms with E-state index in [9.17, 15) is 9.90 Å². The number of hydrogen-bond acceptors (Lipinski definition) is 4. The summed E-state index contributed by atoms with van der Waals surface area (Å²) in [6.45, 7) is 9.65. The van der Waals surface area contributed by atoms with Crippen molar-refractivity contribution in [2.75, 3.05) is 13.2 Å². The molecule has 1 aliphatic heterocycles. The molecule has 4 atom stereocenters. The molecule has 0 spiro atoms. The van der Waals surface area contributed by atoms with Gasteiger partial charge >= 0.3 is 0 Å². The van der Waals surface area contributed by atoms with E-state index in [1.165, 1.54) is 4.90 Å². The summed E-state index contributed by atoms with van der Waals surface area (Å²) in [5.41, 5.74) is 1.15. The molecule has 25 heavy (non-hydrogen) atoms. The van der Waals surface area contributed by atoms with Gasteiger partial charge in [-0.2, -0.15) is 0 Å². The van der Waals surface area contributed by atoms with Crippen molar-refractivity contribution in [2.24, 2.45) is 17.8 Å². The van der Waals surface area contributed by atoms with Crippen molar-refractivity contribution in [1.82, 2.24) is 4.90 Å². The van der Waals surface area contributed by atoms with Crippen LogP contribution in [0.3, 0.4) is 0 Å². The lowest BCUT2D eigenvalue weighted by Gasteiger charge is -2.32. The van der Waals surface area contributed by atoms with Crippen molar-refractivity contribution in [2.45, 2.75) is 53.2 Å². The summed E-state index contributed by atoms with van der Waals surface area (Å²) in [5.74, 6) is 0.193. The molecule has 0 aromatic heterocycles. The maximum absolute atomic E-state index is 12.8. The second-order valence-electron chi connectivity index (χ2n) is 7.31. The molecule has 1 heterocycles. The minimum Gasteiger partial charge on any atom is -0.377 e. The summed E-state index contributed by atoms with van der Waals surface area (Å²) >= 11 is 0. The van der Waals surface area contributed by atoms with Crippen LogP contribution in [0.1, 0.15) is 39.7 Å². The SMILES string of the molecule is CC(CCOCc1ccccc1)[C@@H](C)C(=O)N1C(O)OC[C@H]1C(C)C. The lowest BCUT2D eigenvalue weighted by Crippen LogP contribution is -2.47. The van der Waals surface area contributed by atoms with E-state index < -0.39 is 6.41 Å². The van der Waals surface area contributed by atoms with Gasteiger partial charge in [-0.25, -0.2) is 0 Å². The Morgan fingerprint density at radius 3 is 2.60 bits per heavy atom. The zero-order chi connectivity index (χ0) is 18.4. The van der Waals surface area contributed by atoms with E-state index >= 15 is 0 Å². The van der Waals surface area contributed by atoms with Gasteiger partial charge in [0.2, 0.25) is 12.3 Å². The van der Waals surface area contributed by atoms with Crippen molar-refractivity contribution in [3.05, 3.63) is 35.9 Å². The monoisotopic (exact) mass is 349 g/mol. The number of ether oxygens (including phenoxy) is 2. The summed E-state index contributed by atoms with van der Waals surface area (Å²) in [4.78, 5) is 14.3. The molecule has 140 valence electrons. The molecular formula is C20H31NO4. The highest BCUT2D eigenvalue weighted by atomic mass is 16.6. The maximum Gasteiger partial charge on any atom is 0.240 e. The van der Waals surface area contributed by atoms with Gasteiger partial charge in [-0.1, -0.05) is 58.0 Å². The number of aliphatic hydroxyl groups excluding tert-OH is 1. The number of carbonyl (C=O) groups excluding carboxylic acids is 1. The molecule has 1 aromatic rings. The Morgan fingerprint density at radius 2 is 1.96 bits per heavy atom. The Hall–Kier alpha value is -1.43. The van der Waals surface area contributed by atoms with E-state index in [-0.39, 0.29) is 29.7 Å². The number of hydrogen-bond donors (Lipinski definition) is 1. The maximum atomic E-state index is 12.8. The van der Waals surface area contributed by atoms with Crippen LogP contribution in [-0.4, -0.2) is 41.6 Å². The third kappa shape index (κ3) is 5.27. The molecule has 5 heteroatoms. The molecule has 1 aliphatic rings. The van der Waals surface area contributed by atoms with E-state index in [0.29, 0.717) is 19.8 Å². The second-order valence-corrected chi connectivity index (χ2v) is 7.31. The highest BCUT2D eigenvalue weighted by Gasteiger charge is 2.40. The van der Waals surface area contributed by atoms with Gasteiger partial charge in [0.1, 0.15) is 0 Å². The number of benzene rings is 1. The van der Waals surface area contributed by atoms with Crippen LogP contribution in [0.5, 0.6) is 0 Å². The molecule has 0 radical (unpaired) electrons. The predicted octanol–water partition coefficient (Wildman–Crippen LogP) is 3.02. The number of nitrogens with zero attached hydrogens (tertiary/aromatic N) is 1. The third-order valence-electron chi connectivity index (χ3n) is 5.11. The zero-order valence-electron chi connectivity index (χ0n) is 15.7. The van der Waals surface area contributed by atoms with Gasteiger partial charge in [0, 0.05) is 12.5 Å². The molecule has 1 amide bonds. The Bertz CT molecular complexity index is 534. The molecule has 2 unspecified atom stereocenters. The number of carbonyl (C=O) groups is 1. The molecule has 1 saturated heterocycles. The van der Waals surface area contributed by atoms with Gasteiger partial charge < -0.3 is 14.6 Å². The van der Waals surface area contributed by atoms with E-state index in [2.05, 4.69) is 6.92 Å². The van der Waals surface area contributed by atoms with Gasteiger partial charge in [-0.3, -0.25) is 9.69 Å². The molecule has 1 N–H and O–H groups in total. The molecule has 5 nitrogen and oxygen atoms in total. The first kappa shape index (κ1) is 19.9. The fourth-order valence-corrected chi connectivity index (χ4v) is 3.06. The van der Waals surface area contributed by atoms with Crippen LogP contribution in [0.2, 0.25) is 0 Å². The number of amides is 1. The summed E-state index contributed by atoms with van der Waals surface area (Å²) in [6.07, 6.45) is -0.319. The molecule has 0 bridgehead atoms. The minimum atomic E-state index is -1.12. The van der Waals surface area contributed by atoms with Gasteiger partial charge in [0.25, 0.3) is 0 Å². The van der Waals surface area contributed by atoms with E-state index in [4.69, 9.17) is 9.47 Å². The lowest BCUT2D eigenvalue weighted by atomic mass is 9.91.